The molecule has 4 rings (SSSR count). The van der Waals surface area contributed by atoms with Crippen LogP contribution in [0, 0.1) is 5.92 Å². The first-order valence-corrected chi connectivity index (χ1v) is 10.4. The van der Waals surface area contributed by atoms with E-state index >= 15 is 0 Å². The zero-order valence-electron chi connectivity index (χ0n) is 15.2. The highest BCUT2D eigenvalue weighted by molar-refractivity contribution is 8.13. The molecule has 1 amide bonds. The minimum Gasteiger partial charge on any atom is -0.271 e. The first kappa shape index (κ1) is 18.3. The van der Waals surface area contributed by atoms with Crippen LogP contribution in [-0.2, 0) is 10.5 Å². The van der Waals surface area contributed by atoms with Crippen LogP contribution < -0.4 is 0 Å². The van der Waals surface area contributed by atoms with Gasteiger partial charge in [0.2, 0.25) is 0 Å². The summed E-state index contributed by atoms with van der Waals surface area (Å²) in [5.41, 5.74) is 2.92. The number of hydrogen-bond acceptors (Lipinski definition) is 4. The molecule has 138 valence electrons. The van der Waals surface area contributed by atoms with Crippen molar-refractivity contribution in [2.45, 2.75) is 32.1 Å². The Balaban J connectivity index is 1.65. The van der Waals surface area contributed by atoms with Crippen LogP contribution in [0.3, 0.4) is 0 Å². The van der Waals surface area contributed by atoms with Gasteiger partial charge in [-0.05, 0) is 42.2 Å². The fourth-order valence-electron chi connectivity index (χ4n) is 3.23. The van der Waals surface area contributed by atoms with Gasteiger partial charge in [-0.15, -0.1) is 0 Å². The molecule has 0 fully saturated rings. The van der Waals surface area contributed by atoms with Gasteiger partial charge in [-0.1, -0.05) is 61.5 Å². The molecule has 2 aliphatic heterocycles. The number of thioether (sulfide) groups is 1. The lowest BCUT2D eigenvalue weighted by atomic mass is 10.0. The number of hydrogen-bond donors (Lipinski definition) is 0. The summed E-state index contributed by atoms with van der Waals surface area (Å²) < 4.78 is 0. The molecule has 0 saturated heterocycles. The summed E-state index contributed by atoms with van der Waals surface area (Å²) in [5, 5.41) is 1.41. The molecule has 2 aliphatic rings. The van der Waals surface area contributed by atoms with Crippen LogP contribution in [0.15, 0.2) is 58.5 Å². The van der Waals surface area contributed by atoms with E-state index in [0.29, 0.717) is 21.9 Å². The molecule has 1 atom stereocenters. The zero-order chi connectivity index (χ0) is 19.0. The number of para-hydroxylation sites is 1. The number of amidine groups is 2. The molecule has 6 heteroatoms. The Morgan fingerprint density at radius 2 is 1.89 bits per heavy atom. The van der Waals surface area contributed by atoms with E-state index in [1.165, 1.54) is 0 Å². The lowest BCUT2D eigenvalue weighted by molar-refractivity contribution is -0.124. The Bertz CT molecular complexity index is 937. The standard InChI is InChI=1S/C21H20ClN3OS/c1-13(2)11-18-20(26)25-19(23-18)16-5-3-4-6-17(16)24-21(25)27-12-14-7-9-15(22)10-8-14/h3-10,13,18H,11-12H2,1-2H3/t18-/m0/s1. The van der Waals surface area contributed by atoms with Crippen molar-refractivity contribution < 1.29 is 4.79 Å². The van der Waals surface area contributed by atoms with Crippen molar-refractivity contribution in [1.29, 1.82) is 0 Å². The molecule has 0 unspecified atom stereocenters. The second kappa shape index (κ2) is 7.49. The van der Waals surface area contributed by atoms with Gasteiger partial charge in [0.05, 0.1) is 5.69 Å². The molecule has 0 saturated carbocycles. The van der Waals surface area contributed by atoms with E-state index in [2.05, 4.69) is 13.8 Å². The molecule has 27 heavy (non-hydrogen) atoms. The second-order valence-corrected chi connectivity index (χ2v) is 8.48. The van der Waals surface area contributed by atoms with Gasteiger partial charge in [0.25, 0.3) is 5.91 Å². The van der Waals surface area contributed by atoms with Crippen LogP contribution in [0.25, 0.3) is 0 Å². The molecule has 0 bridgehead atoms. The minimum atomic E-state index is -0.326. The number of rotatable bonds is 4. The number of benzene rings is 2. The van der Waals surface area contributed by atoms with Crippen molar-refractivity contribution in [3.05, 3.63) is 64.7 Å². The Morgan fingerprint density at radius 3 is 2.63 bits per heavy atom. The van der Waals surface area contributed by atoms with Crippen molar-refractivity contribution >= 4 is 46.0 Å². The summed E-state index contributed by atoms with van der Waals surface area (Å²) in [4.78, 5) is 24.3. The SMILES string of the molecule is CC(C)C[C@@H]1N=C2c3ccccc3N=C(SCc3ccc(Cl)cc3)N2C1=O. The highest BCUT2D eigenvalue weighted by Gasteiger charge is 2.41. The van der Waals surface area contributed by atoms with E-state index < -0.39 is 0 Å². The number of halogens is 1. The number of fused-ring (bicyclic) bond motifs is 3. The molecule has 2 heterocycles. The van der Waals surface area contributed by atoms with E-state index in [-0.39, 0.29) is 11.9 Å². The monoisotopic (exact) mass is 397 g/mol. The zero-order valence-corrected chi connectivity index (χ0v) is 16.8. The van der Waals surface area contributed by atoms with E-state index in [0.717, 1.165) is 29.1 Å². The van der Waals surface area contributed by atoms with E-state index in [9.17, 15) is 4.79 Å². The second-order valence-electron chi connectivity index (χ2n) is 7.10. The van der Waals surface area contributed by atoms with Crippen LogP contribution in [0.5, 0.6) is 0 Å². The lowest BCUT2D eigenvalue weighted by Gasteiger charge is -2.25. The van der Waals surface area contributed by atoms with Gasteiger partial charge in [-0.25, -0.2) is 9.89 Å². The average Bonchev–Trinajstić information content (AvgIpc) is 2.97. The van der Waals surface area contributed by atoms with Gasteiger partial charge < -0.3 is 0 Å². The Labute approximate surface area is 168 Å². The molecular weight excluding hydrogens is 378 g/mol. The third kappa shape index (κ3) is 3.66. The number of amides is 1. The molecule has 0 spiro atoms. The first-order valence-electron chi connectivity index (χ1n) is 9.00. The number of aliphatic imine (C=N–C) groups is 2. The summed E-state index contributed by atoms with van der Waals surface area (Å²) in [7, 11) is 0. The predicted molar refractivity (Wildman–Crippen MR) is 113 cm³/mol. The van der Waals surface area contributed by atoms with Crippen molar-refractivity contribution in [2.75, 3.05) is 0 Å². The number of nitrogens with zero attached hydrogens (tertiary/aromatic N) is 3. The normalized spacial score (nSPS) is 18.3. The van der Waals surface area contributed by atoms with E-state index in [4.69, 9.17) is 21.6 Å². The number of carbonyl (C=O) groups excluding carboxylic acids is 1. The van der Waals surface area contributed by atoms with Crippen molar-refractivity contribution in [3.8, 4) is 0 Å². The van der Waals surface area contributed by atoms with Gasteiger partial charge in [-0.3, -0.25) is 9.79 Å². The summed E-state index contributed by atoms with van der Waals surface area (Å²) in [6.07, 6.45) is 0.746. The number of carbonyl (C=O) groups is 1. The maximum atomic E-state index is 13.1. The average molecular weight is 398 g/mol. The Morgan fingerprint density at radius 1 is 1.15 bits per heavy atom. The highest BCUT2D eigenvalue weighted by Crippen LogP contribution is 2.35. The summed E-state index contributed by atoms with van der Waals surface area (Å²) in [6.45, 7) is 4.23. The van der Waals surface area contributed by atoms with E-state index in [1.807, 2.05) is 48.5 Å². The van der Waals surface area contributed by atoms with Gasteiger partial charge in [0, 0.05) is 16.3 Å². The van der Waals surface area contributed by atoms with Gasteiger partial charge in [0.1, 0.15) is 11.9 Å². The lowest BCUT2D eigenvalue weighted by Crippen LogP contribution is -2.41. The fourth-order valence-corrected chi connectivity index (χ4v) is 4.31. The summed E-state index contributed by atoms with van der Waals surface area (Å²) in [6, 6.07) is 15.3. The van der Waals surface area contributed by atoms with Crippen molar-refractivity contribution in [2.24, 2.45) is 15.9 Å². The molecule has 2 aromatic carbocycles. The summed E-state index contributed by atoms with van der Waals surface area (Å²) in [5.74, 6) is 1.87. The highest BCUT2D eigenvalue weighted by atomic mass is 35.5. The van der Waals surface area contributed by atoms with Crippen molar-refractivity contribution in [1.82, 2.24) is 4.90 Å². The van der Waals surface area contributed by atoms with Crippen LogP contribution in [0.1, 0.15) is 31.4 Å². The molecule has 0 aromatic heterocycles. The van der Waals surface area contributed by atoms with Gasteiger partial charge >= 0.3 is 0 Å². The van der Waals surface area contributed by atoms with Crippen LogP contribution >= 0.6 is 23.4 Å². The molecule has 0 radical (unpaired) electrons. The fraction of sp³-hybridized carbons (Fsp3) is 0.286. The third-order valence-corrected chi connectivity index (χ3v) is 5.79. The molecule has 2 aromatic rings. The summed E-state index contributed by atoms with van der Waals surface area (Å²) >= 11 is 7.52. The molecule has 0 N–H and O–H groups in total. The Hall–Kier alpha value is -2.11. The maximum absolute atomic E-state index is 13.1. The minimum absolute atomic E-state index is 0.0237. The Kier molecular flexibility index (Phi) is 5.06. The predicted octanol–water partition coefficient (Wildman–Crippen LogP) is 5.28. The maximum Gasteiger partial charge on any atom is 0.259 e. The van der Waals surface area contributed by atoms with E-state index in [1.54, 1.807) is 16.7 Å². The quantitative estimate of drug-likeness (QED) is 0.704. The van der Waals surface area contributed by atoms with Crippen LogP contribution in [0.2, 0.25) is 5.02 Å². The molecular formula is C21H20ClN3OS. The molecule has 0 aliphatic carbocycles. The van der Waals surface area contributed by atoms with Crippen LogP contribution in [0.4, 0.5) is 5.69 Å². The first-order chi connectivity index (χ1) is 13.0. The smallest absolute Gasteiger partial charge is 0.259 e. The topological polar surface area (TPSA) is 45.0 Å². The van der Waals surface area contributed by atoms with Gasteiger partial charge in [-0.2, -0.15) is 0 Å². The van der Waals surface area contributed by atoms with Crippen molar-refractivity contribution in [3.63, 3.8) is 0 Å². The molecule has 4 nitrogen and oxygen atoms in total. The van der Waals surface area contributed by atoms with Gasteiger partial charge in [0.15, 0.2) is 5.17 Å². The third-order valence-electron chi connectivity index (χ3n) is 4.52. The van der Waals surface area contributed by atoms with Crippen LogP contribution in [-0.4, -0.2) is 27.9 Å². The largest absolute Gasteiger partial charge is 0.271 e.